The van der Waals surface area contributed by atoms with Crippen LogP contribution < -0.4 is 0 Å². The van der Waals surface area contributed by atoms with Gasteiger partial charge in [-0.3, -0.25) is 9.78 Å². The molecule has 1 fully saturated rings. The van der Waals surface area contributed by atoms with Crippen LogP contribution in [0.15, 0.2) is 18.3 Å². The second-order valence-corrected chi connectivity index (χ2v) is 5.62. The minimum Gasteiger partial charge on any atom is -0.338 e. The van der Waals surface area contributed by atoms with Crippen molar-refractivity contribution in [1.29, 1.82) is 0 Å². The van der Waals surface area contributed by atoms with Gasteiger partial charge in [0, 0.05) is 30.5 Å². The minimum atomic E-state index is 0.158. The summed E-state index contributed by atoms with van der Waals surface area (Å²) in [5.74, 6) is 1.14. The number of hydrogen-bond acceptors (Lipinski definition) is 2. The second kappa shape index (κ2) is 5.51. The van der Waals surface area contributed by atoms with Crippen molar-refractivity contribution in [1.82, 2.24) is 9.88 Å². The molecule has 1 aliphatic heterocycles. The average molecular weight is 246 g/mol. The van der Waals surface area contributed by atoms with Gasteiger partial charge in [-0.05, 0) is 36.8 Å². The van der Waals surface area contributed by atoms with Crippen LogP contribution in [0.4, 0.5) is 0 Å². The predicted octanol–water partition coefficient (Wildman–Crippen LogP) is 3.08. The molecule has 1 aromatic heterocycles. The number of carbonyl (C=O) groups is 1. The van der Waals surface area contributed by atoms with Crippen LogP contribution in [-0.4, -0.2) is 28.9 Å². The first-order chi connectivity index (χ1) is 8.58. The molecule has 1 aliphatic rings. The lowest BCUT2D eigenvalue weighted by Gasteiger charge is -2.31. The SMILES string of the molecule is CC1CCCN(C(=O)c2ccnc(C(C)C)c2)C1. The van der Waals surface area contributed by atoms with Gasteiger partial charge in [0.25, 0.3) is 5.91 Å². The first-order valence-corrected chi connectivity index (χ1v) is 6.83. The van der Waals surface area contributed by atoms with E-state index in [2.05, 4.69) is 25.8 Å². The topological polar surface area (TPSA) is 33.2 Å². The first kappa shape index (κ1) is 13.1. The molecule has 0 saturated carbocycles. The number of piperidine rings is 1. The van der Waals surface area contributed by atoms with E-state index in [4.69, 9.17) is 0 Å². The highest BCUT2D eigenvalue weighted by Gasteiger charge is 2.22. The van der Waals surface area contributed by atoms with Crippen molar-refractivity contribution in [2.45, 2.75) is 39.5 Å². The van der Waals surface area contributed by atoms with Crippen molar-refractivity contribution in [3.8, 4) is 0 Å². The normalized spacial score (nSPS) is 20.2. The molecule has 1 atom stereocenters. The zero-order chi connectivity index (χ0) is 13.1. The molecule has 1 unspecified atom stereocenters. The molecule has 18 heavy (non-hydrogen) atoms. The number of carbonyl (C=O) groups excluding carboxylic acids is 1. The molecule has 3 nitrogen and oxygen atoms in total. The summed E-state index contributed by atoms with van der Waals surface area (Å²) in [5, 5.41) is 0. The summed E-state index contributed by atoms with van der Waals surface area (Å²) in [7, 11) is 0. The zero-order valence-electron chi connectivity index (χ0n) is 11.5. The van der Waals surface area contributed by atoms with E-state index < -0.39 is 0 Å². The lowest BCUT2D eigenvalue weighted by Crippen LogP contribution is -2.39. The zero-order valence-corrected chi connectivity index (χ0v) is 11.5. The molecule has 0 N–H and O–H groups in total. The third-order valence-corrected chi connectivity index (χ3v) is 3.56. The van der Waals surface area contributed by atoms with Gasteiger partial charge < -0.3 is 4.90 Å². The van der Waals surface area contributed by atoms with E-state index in [1.807, 2.05) is 17.0 Å². The minimum absolute atomic E-state index is 0.158. The van der Waals surface area contributed by atoms with E-state index in [1.165, 1.54) is 6.42 Å². The molecule has 1 saturated heterocycles. The maximum atomic E-state index is 12.4. The van der Waals surface area contributed by atoms with Crippen molar-refractivity contribution in [3.63, 3.8) is 0 Å². The van der Waals surface area contributed by atoms with Crippen LogP contribution in [0, 0.1) is 5.92 Å². The number of amides is 1. The Morgan fingerprint density at radius 2 is 2.28 bits per heavy atom. The average Bonchev–Trinajstić information content (AvgIpc) is 2.38. The van der Waals surface area contributed by atoms with Gasteiger partial charge in [-0.1, -0.05) is 20.8 Å². The monoisotopic (exact) mass is 246 g/mol. The third kappa shape index (κ3) is 2.89. The summed E-state index contributed by atoms with van der Waals surface area (Å²) < 4.78 is 0. The van der Waals surface area contributed by atoms with Gasteiger partial charge in [0.1, 0.15) is 0 Å². The lowest BCUT2D eigenvalue weighted by molar-refractivity contribution is 0.0683. The number of hydrogen-bond donors (Lipinski definition) is 0. The Kier molecular flexibility index (Phi) is 4.00. The molecule has 0 bridgehead atoms. The molecule has 1 aromatic rings. The molecular weight excluding hydrogens is 224 g/mol. The van der Waals surface area contributed by atoms with Gasteiger partial charge >= 0.3 is 0 Å². The number of aromatic nitrogens is 1. The smallest absolute Gasteiger partial charge is 0.253 e. The highest BCUT2D eigenvalue weighted by molar-refractivity contribution is 5.94. The van der Waals surface area contributed by atoms with Crippen molar-refractivity contribution >= 4 is 5.91 Å². The van der Waals surface area contributed by atoms with E-state index in [9.17, 15) is 4.79 Å². The Balaban J connectivity index is 2.15. The number of rotatable bonds is 2. The second-order valence-electron chi connectivity index (χ2n) is 5.62. The highest BCUT2D eigenvalue weighted by atomic mass is 16.2. The summed E-state index contributed by atoms with van der Waals surface area (Å²) in [5.41, 5.74) is 1.77. The summed E-state index contributed by atoms with van der Waals surface area (Å²) in [6.45, 7) is 8.19. The Bertz CT molecular complexity index is 428. The number of likely N-dealkylation sites (tertiary alicyclic amines) is 1. The van der Waals surface area contributed by atoms with Gasteiger partial charge in [0.15, 0.2) is 0 Å². The first-order valence-electron chi connectivity index (χ1n) is 6.83. The maximum Gasteiger partial charge on any atom is 0.253 e. The van der Waals surface area contributed by atoms with Crippen LogP contribution in [0.5, 0.6) is 0 Å². The summed E-state index contributed by atoms with van der Waals surface area (Å²) in [6.07, 6.45) is 4.10. The van der Waals surface area contributed by atoms with E-state index >= 15 is 0 Å². The van der Waals surface area contributed by atoms with Gasteiger partial charge in [-0.2, -0.15) is 0 Å². The van der Waals surface area contributed by atoms with Gasteiger partial charge in [0.05, 0.1) is 0 Å². The van der Waals surface area contributed by atoms with Crippen LogP contribution in [0.1, 0.15) is 55.6 Å². The molecule has 2 heterocycles. The van der Waals surface area contributed by atoms with Crippen LogP contribution >= 0.6 is 0 Å². The fourth-order valence-electron chi connectivity index (χ4n) is 2.45. The van der Waals surface area contributed by atoms with Crippen molar-refractivity contribution in [2.24, 2.45) is 5.92 Å². The molecule has 98 valence electrons. The Labute approximate surface area is 109 Å². The Morgan fingerprint density at radius 1 is 1.50 bits per heavy atom. The lowest BCUT2D eigenvalue weighted by atomic mass is 9.99. The largest absolute Gasteiger partial charge is 0.338 e. The fraction of sp³-hybridized carbons (Fsp3) is 0.600. The van der Waals surface area contributed by atoms with E-state index in [-0.39, 0.29) is 5.91 Å². The molecule has 0 spiro atoms. The predicted molar refractivity (Wildman–Crippen MR) is 72.6 cm³/mol. The van der Waals surface area contributed by atoms with E-state index in [0.29, 0.717) is 11.8 Å². The van der Waals surface area contributed by atoms with Crippen molar-refractivity contribution in [3.05, 3.63) is 29.6 Å². The van der Waals surface area contributed by atoms with Gasteiger partial charge in [0.2, 0.25) is 0 Å². The highest BCUT2D eigenvalue weighted by Crippen LogP contribution is 2.19. The van der Waals surface area contributed by atoms with Crippen LogP contribution in [0.2, 0.25) is 0 Å². The molecule has 0 aromatic carbocycles. The molecular formula is C15H22N2O. The standard InChI is InChI=1S/C15H22N2O/c1-11(2)14-9-13(6-7-16-14)15(18)17-8-4-5-12(3)10-17/h6-7,9,11-12H,4-5,8,10H2,1-3H3. The fourth-order valence-corrected chi connectivity index (χ4v) is 2.45. The van der Waals surface area contributed by atoms with Gasteiger partial charge in [-0.25, -0.2) is 0 Å². The quantitative estimate of drug-likeness (QED) is 0.803. The van der Waals surface area contributed by atoms with Gasteiger partial charge in [-0.15, -0.1) is 0 Å². The van der Waals surface area contributed by atoms with E-state index in [0.717, 1.165) is 30.8 Å². The van der Waals surface area contributed by atoms with Crippen LogP contribution in [-0.2, 0) is 0 Å². The molecule has 3 heteroatoms. The molecule has 0 aliphatic carbocycles. The summed E-state index contributed by atoms with van der Waals surface area (Å²) in [4.78, 5) is 18.7. The maximum absolute atomic E-state index is 12.4. The summed E-state index contributed by atoms with van der Waals surface area (Å²) >= 11 is 0. The Hall–Kier alpha value is -1.38. The van der Waals surface area contributed by atoms with Crippen LogP contribution in [0.25, 0.3) is 0 Å². The van der Waals surface area contributed by atoms with Crippen molar-refractivity contribution in [2.75, 3.05) is 13.1 Å². The summed E-state index contributed by atoms with van der Waals surface area (Å²) in [6, 6.07) is 3.76. The molecule has 2 rings (SSSR count). The number of nitrogens with zero attached hydrogens (tertiary/aromatic N) is 2. The van der Waals surface area contributed by atoms with E-state index in [1.54, 1.807) is 6.20 Å². The van der Waals surface area contributed by atoms with Crippen molar-refractivity contribution < 1.29 is 4.79 Å². The Morgan fingerprint density at radius 3 is 2.94 bits per heavy atom. The third-order valence-electron chi connectivity index (χ3n) is 3.56. The molecule has 0 radical (unpaired) electrons. The number of pyridine rings is 1. The molecule has 1 amide bonds. The van der Waals surface area contributed by atoms with Crippen LogP contribution in [0.3, 0.4) is 0 Å².